The van der Waals surface area contributed by atoms with Gasteiger partial charge in [-0.25, -0.2) is 8.42 Å². The number of rotatable bonds is 5. The number of nitrogens with one attached hydrogen (secondary N) is 1. The second kappa shape index (κ2) is 8.53. The summed E-state index contributed by atoms with van der Waals surface area (Å²) >= 11 is 3.34. The summed E-state index contributed by atoms with van der Waals surface area (Å²) in [6, 6.07) is 11.2. The van der Waals surface area contributed by atoms with E-state index in [1.165, 1.54) is 19.2 Å². The van der Waals surface area contributed by atoms with Crippen LogP contribution in [0.2, 0.25) is 0 Å². The number of sulfonamides is 1. The first-order chi connectivity index (χ1) is 13.3. The zero-order valence-corrected chi connectivity index (χ0v) is 18.2. The Hall–Kier alpha value is -2.06. The third-order valence-corrected chi connectivity index (χ3v) is 6.86. The van der Waals surface area contributed by atoms with Crippen molar-refractivity contribution < 1.29 is 17.9 Å². The Kier molecular flexibility index (Phi) is 6.30. The number of likely N-dealkylation sites (tertiary alicyclic amines) is 1. The molecule has 1 heterocycles. The normalized spacial score (nSPS) is 17.2. The smallest absolute Gasteiger partial charge is 0.261 e. The van der Waals surface area contributed by atoms with Gasteiger partial charge in [-0.3, -0.25) is 9.52 Å². The Balaban J connectivity index is 1.84. The van der Waals surface area contributed by atoms with Crippen molar-refractivity contribution >= 4 is 37.5 Å². The fourth-order valence-corrected chi connectivity index (χ4v) is 4.94. The largest absolute Gasteiger partial charge is 0.496 e. The molecule has 2 aromatic rings. The van der Waals surface area contributed by atoms with E-state index in [4.69, 9.17) is 4.74 Å². The maximum atomic E-state index is 12.9. The lowest BCUT2D eigenvalue weighted by molar-refractivity contribution is 0.0635. The lowest BCUT2D eigenvalue weighted by atomic mass is 10.0. The van der Waals surface area contributed by atoms with Gasteiger partial charge in [0.1, 0.15) is 5.75 Å². The highest BCUT2D eigenvalue weighted by Gasteiger charge is 2.25. The number of hydrogen-bond acceptors (Lipinski definition) is 4. The number of nitrogens with zero attached hydrogens (tertiary/aromatic N) is 1. The van der Waals surface area contributed by atoms with E-state index in [9.17, 15) is 13.2 Å². The van der Waals surface area contributed by atoms with Gasteiger partial charge in [0.25, 0.3) is 15.9 Å². The Morgan fingerprint density at radius 1 is 1.21 bits per heavy atom. The van der Waals surface area contributed by atoms with Crippen molar-refractivity contribution in [3.05, 3.63) is 52.5 Å². The molecule has 1 unspecified atom stereocenters. The minimum atomic E-state index is -3.83. The van der Waals surface area contributed by atoms with Crippen molar-refractivity contribution in [3.8, 4) is 5.75 Å². The molecule has 0 radical (unpaired) electrons. The Morgan fingerprint density at radius 3 is 2.68 bits per heavy atom. The molecule has 1 atom stereocenters. The van der Waals surface area contributed by atoms with E-state index in [0.29, 0.717) is 28.0 Å². The van der Waals surface area contributed by atoms with E-state index in [2.05, 4.69) is 20.7 Å². The number of carbonyl (C=O) groups is 1. The Morgan fingerprint density at radius 2 is 2.00 bits per heavy atom. The fraction of sp³-hybridized carbons (Fsp3) is 0.350. The lowest BCUT2D eigenvalue weighted by Crippen LogP contribution is -2.42. The summed E-state index contributed by atoms with van der Waals surface area (Å²) in [5, 5.41) is 0. The summed E-state index contributed by atoms with van der Waals surface area (Å²) in [6.45, 7) is 2.73. The quantitative estimate of drug-likeness (QED) is 0.713. The molecule has 0 bridgehead atoms. The molecule has 1 saturated heterocycles. The van der Waals surface area contributed by atoms with Gasteiger partial charge in [0.2, 0.25) is 0 Å². The zero-order chi connectivity index (χ0) is 20.3. The minimum absolute atomic E-state index is 0.0509. The standard InChI is InChI=1S/C20H23BrN2O4S/c1-14-6-3-4-11-23(14)20(24)15-7-5-8-17(12-15)28(25,26)22-16-9-10-19(27-2)18(21)13-16/h5,7-10,12-14,22H,3-4,6,11H2,1-2H3. The summed E-state index contributed by atoms with van der Waals surface area (Å²) in [5.41, 5.74) is 0.779. The molecule has 150 valence electrons. The van der Waals surface area contributed by atoms with Crippen molar-refractivity contribution in [1.29, 1.82) is 0 Å². The van der Waals surface area contributed by atoms with Crippen molar-refractivity contribution in [2.24, 2.45) is 0 Å². The molecule has 28 heavy (non-hydrogen) atoms. The van der Waals surface area contributed by atoms with E-state index in [0.717, 1.165) is 19.3 Å². The van der Waals surface area contributed by atoms with Crippen LogP contribution in [0.25, 0.3) is 0 Å². The van der Waals surface area contributed by atoms with Gasteiger partial charge in [-0.15, -0.1) is 0 Å². The van der Waals surface area contributed by atoms with Gasteiger partial charge in [0, 0.05) is 18.2 Å². The predicted molar refractivity (Wildman–Crippen MR) is 112 cm³/mol. The number of halogens is 1. The Bertz CT molecular complexity index is 978. The molecule has 0 spiro atoms. The van der Waals surface area contributed by atoms with Crippen LogP contribution in [-0.2, 0) is 10.0 Å². The van der Waals surface area contributed by atoms with Gasteiger partial charge in [-0.2, -0.15) is 0 Å². The molecular weight excluding hydrogens is 444 g/mol. The molecule has 1 N–H and O–H groups in total. The van der Waals surface area contributed by atoms with Crippen LogP contribution in [-0.4, -0.2) is 38.9 Å². The van der Waals surface area contributed by atoms with Crippen LogP contribution in [0.1, 0.15) is 36.5 Å². The first-order valence-electron chi connectivity index (χ1n) is 9.09. The van der Waals surface area contributed by atoms with Gasteiger partial charge >= 0.3 is 0 Å². The number of amides is 1. The van der Waals surface area contributed by atoms with Crippen molar-refractivity contribution in [2.75, 3.05) is 18.4 Å². The van der Waals surface area contributed by atoms with Crippen LogP contribution in [0.15, 0.2) is 51.8 Å². The molecule has 1 amide bonds. The monoisotopic (exact) mass is 466 g/mol. The van der Waals surface area contributed by atoms with Crippen molar-refractivity contribution in [3.63, 3.8) is 0 Å². The average Bonchev–Trinajstić information content (AvgIpc) is 2.68. The van der Waals surface area contributed by atoms with Crippen molar-refractivity contribution in [1.82, 2.24) is 4.90 Å². The highest BCUT2D eigenvalue weighted by Crippen LogP contribution is 2.29. The molecular formula is C20H23BrN2O4S. The number of hydrogen-bond donors (Lipinski definition) is 1. The van der Waals surface area contributed by atoms with E-state index in [-0.39, 0.29) is 16.8 Å². The molecule has 1 aliphatic heterocycles. The van der Waals surface area contributed by atoms with Crippen LogP contribution < -0.4 is 9.46 Å². The number of piperidine rings is 1. The molecule has 0 aromatic heterocycles. The number of methoxy groups -OCH3 is 1. The number of anilines is 1. The number of ether oxygens (including phenoxy) is 1. The molecule has 1 aliphatic rings. The van der Waals surface area contributed by atoms with Gasteiger partial charge in [0.05, 0.1) is 22.2 Å². The fourth-order valence-electron chi connectivity index (χ4n) is 3.31. The minimum Gasteiger partial charge on any atom is -0.496 e. The molecule has 8 heteroatoms. The first-order valence-corrected chi connectivity index (χ1v) is 11.4. The molecule has 3 rings (SSSR count). The summed E-state index contributed by atoms with van der Waals surface area (Å²) in [6.07, 6.45) is 3.06. The van der Waals surface area contributed by atoms with Gasteiger partial charge in [-0.05, 0) is 78.5 Å². The van der Waals surface area contributed by atoms with E-state index < -0.39 is 10.0 Å². The van der Waals surface area contributed by atoms with Crippen LogP contribution in [0.4, 0.5) is 5.69 Å². The van der Waals surface area contributed by atoms with Crippen molar-refractivity contribution in [2.45, 2.75) is 37.1 Å². The second-order valence-corrected chi connectivity index (χ2v) is 9.36. The van der Waals surface area contributed by atoms with E-state index in [1.54, 1.807) is 30.3 Å². The highest BCUT2D eigenvalue weighted by molar-refractivity contribution is 9.10. The molecule has 1 fully saturated rings. The highest BCUT2D eigenvalue weighted by atomic mass is 79.9. The third kappa shape index (κ3) is 4.50. The van der Waals surface area contributed by atoms with Gasteiger partial charge in [0.15, 0.2) is 0 Å². The molecule has 2 aromatic carbocycles. The summed E-state index contributed by atoms with van der Waals surface area (Å²) < 4.78 is 33.9. The van der Waals surface area contributed by atoms with Crippen LogP contribution in [0.5, 0.6) is 5.75 Å². The SMILES string of the molecule is COc1ccc(NS(=O)(=O)c2cccc(C(=O)N3CCCCC3C)c2)cc1Br. The first kappa shape index (κ1) is 20.7. The summed E-state index contributed by atoms with van der Waals surface area (Å²) in [5.74, 6) is 0.475. The third-order valence-electron chi connectivity index (χ3n) is 4.86. The maximum Gasteiger partial charge on any atom is 0.261 e. The topological polar surface area (TPSA) is 75.7 Å². The summed E-state index contributed by atoms with van der Waals surface area (Å²) in [4.78, 5) is 14.7. The van der Waals surface area contributed by atoms with Gasteiger partial charge in [-0.1, -0.05) is 6.07 Å². The van der Waals surface area contributed by atoms with Crippen LogP contribution in [0.3, 0.4) is 0 Å². The predicted octanol–water partition coefficient (Wildman–Crippen LogP) is 4.27. The molecule has 6 nitrogen and oxygen atoms in total. The van der Waals surface area contributed by atoms with Gasteiger partial charge < -0.3 is 9.64 Å². The molecule has 0 saturated carbocycles. The maximum absolute atomic E-state index is 12.9. The van der Waals surface area contributed by atoms with E-state index >= 15 is 0 Å². The van der Waals surface area contributed by atoms with Crippen LogP contribution in [0, 0.1) is 0 Å². The Labute approximate surface area is 174 Å². The average molecular weight is 467 g/mol. The number of benzene rings is 2. The zero-order valence-electron chi connectivity index (χ0n) is 15.8. The second-order valence-electron chi connectivity index (χ2n) is 6.83. The summed E-state index contributed by atoms with van der Waals surface area (Å²) in [7, 11) is -2.29. The molecule has 0 aliphatic carbocycles. The van der Waals surface area contributed by atoms with E-state index in [1.807, 2.05) is 11.8 Å². The van der Waals surface area contributed by atoms with Crippen LogP contribution >= 0.6 is 15.9 Å². The lowest BCUT2D eigenvalue weighted by Gasteiger charge is -2.33. The number of carbonyl (C=O) groups excluding carboxylic acids is 1.